The van der Waals surface area contributed by atoms with Gasteiger partial charge in [-0.05, 0) is 102 Å². The summed E-state index contributed by atoms with van der Waals surface area (Å²) in [5.74, 6) is 1.84. The standard InChI is InChI=1S/C38H22O/c1-2-9-24-19-33-26(18-23(24)8-1)16-17-31-29(13-7-14-30(31)33)27-20-34-28-11-4-3-10-25(28)22-37-38(34)35(21-27)32-12-5-6-15-36(32)39-37/h1-22H. The summed E-state index contributed by atoms with van der Waals surface area (Å²) in [5, 5.41) is 12.5. The van der Waals surface area contributed by atoms with Gasteiger partial charge in [-0.25, -0.2) is 0 Å². The second-order valence-corrected chi connectivity index (χ2v) is 10.5. The molecule has 8 aromatic rings. The third kappa shape index (κ3) is 2.96. The summed E-state index contributed by atoms with van der Waals surface area (Å²) in [6, 6.07) is 48.5. The Hall–Kier alpha value is -5.14. The molecule has 0 bridgehead atoms. The first-order valence-corrected chi connectivity index (χ1v) is 13.4. The second kappa shape index (κ2) is 7.69. The van der Waals surface area contributed by atoms with Crippen LogP contribution in [0.2, 0.25) is 0 Å². The summed E-state index contributed by atoms with van der Waals surface area (Å²) in [7, 11) is 0. The summed E-state index contributed by atoms with van der Waals surface area (Å²) in [6.45, 7) is 0. The maximum absolute atomic E-state index is 6.46. The van der Waals surface area contributed by atoms with Gasteiger partial charge in [0.25, 0.3) is 0 Å². The van der Waals surface area contributed by atoms with E-state index in [0.717, 1.165) is 17.1 Å². The number of para-hydroxylation sites is 1. The van der Waals surface area contributed by atoms with E-state index in [4.69, 9.17) is 4.74 Å². The third-order valence-electron chi connectivity index (χ3n) is 8.37. The molecule has 0 saturated heterocycles. The van der Waals surface area contributed by atoms with Crippen molar-refractivity contribution < 1.29 is 4.74 Å². The summed E-state index contributed by atoms with van der Waals surface area (Å²) >= 11 is 0. The molecule has 8 aromatic carbocycles. The van der Waals surface area contributed by atoms with Crippen LogP contribution in [0.15, 0.2) is 133 Å². The van der Waals surface area contributed by atoms with Crippen molar-refractivity contribution in [3.63, 3.8) is 0 Å². The van der Waals surface area contributed by atoms with Crippen molar-refractivity contribution in [2.45, 2.75) is 0 Å². The first-order valence-electron chi connectivity index (χ1n) is 13.4. The Morgan fingerprint density at radius 2 is 1.05 bits per heavy atom. The number of ether oxygens (including phenoxy) is 1. The lowest BCUT2D eigenvalue weighted by atomic mass is 9.87. The number of benzene rings is 8. The first kappa shape index (κ1) is 20.9. The topological polar surface area (TPSA) is 9.23 Å². The molecular weight excluding hydrogens is 472 g/mol. The second-order valence-electron chi connectivity index (χ2n) is 10.5. The van der Waals surface area contributed by atoms with Crippen LogP contribution in [0.5, 0.6) is 11.5 Å². The van der Waals surface area contributed by atoms with Crippen LogP contribution in [0.3, 0.4) is 0 Å². The molecule has 1 nitrogen and oxygen atoms in total. The predicted molar refractivity (Wildman–Crippen MR) is 165 cm³/mol. The molecule has 1 heterocycles. The largest absolute Gasteiger partial charge is 0.456 e. The van der Waals surface area contributed by atoms with E-state index in [2.05, 4.69) is 127 Å². The third-order valence-corrected chi connectivity index (χ3v) is 8.37. The van der Waals surface area contributed by atoms with Crippen LogP contribution in [0.1, 0.15) is 0 Å². The van der Waals surface area contributed by atoms with Gasteiger partial charge in [-0.2, -0.15) is 0 Å². The monoisotopic (exact) mass is 494 g/mol. The normalized spacial score (nSPS) is 12.3. The molecule has 0 unspecified atom stereocenters. The van der Waals surface area contributed by atoms with E-state index >= 15 is 0 Å². The molecule has 0 aliphatic carbocycles. The molecule has 9 rings (SSSR count). The average Bonchev–Trinajstić information content (AvgIpc) is 2.99. The molecule has 0 atom stereocenters. The van der Waals surface area contributed by atoms with Crippen molar-refractivity contribution in [1.82, 2.24) is 0 Å². The van der Waals surface area contributed by atoms with E-state index in [1.807, 2.05) is 6.07 Å². The average molecular weight is 495 g/mol. The van der Waals surface area contributed by atoms with Crippen molar-refractivity contribution in [3.8, 4) is 33.8 Å². The number of hydrogen-bond acceptors (Lipinski definition) is 1. The molecule has 39 heavy (non-hydrogen) atoms. The molecule has 180 valence electrons. The van der Waals surface area contributed by atoms with Crippen molar-refractivity contribution >= 4 is 53.9 Å². The van der Waals surface area contributed by atoms with Crippen molar-refractivity contribution in [1.29, 1.82) is 0 Å². The molecule has 1 aliphatic heterocycles. The molecular formula is C38H22O. The van der Waals surface area contributed by atoms with Crippen LogP contribution < -0.4 is 4.74 Å². The van der Waals surface area contributed by atoms with Gasteiger partial charge in [0.2, 0.25) is 0 Å². The zero-order valence-corrected chi connectivity index (χ0v) is 21.1. The van der Waals surface area contributed by atoms with Gasteiger partial charge < -0.3 is 4.74 Å². The Balaban J connectivity index is 1.40. The number of hydrogen-bond donors (Lipinski definition) is 0. The maximum Gasteiger partial charge on any atom is 0.136 e. The fourth-order valence-electron chi connectivity index (χ4n) is 6.58. The van der Waals surface area contributed by atoms with Crippen molar-refractivity contribution in [2.24, 2.45) is 0 Å². The van der Waals surface area contributed by atoms with Gasteiger partial charge in [0.15, 0.2) is 0 Å². The summed E-state index contributed by atoms with van der Waals surface area (Å²) in [6.07, 6.45) is 0. The molecule has 1 heteroatoms. The molecule has 1 aliphatic rings. The van der Waals surface area contributed by atoms with Gasteiger partial charge in [-0.15, -0.1) is 0 Å². The van der Waals surface area contributed by atoms with Crippen molar-refractivity contribution in [3.05, 3.63) is 133 Å². The maximum atomic E-state index is 6.46. The minimum atomic E-state index is 0.912. The van der Waals surface area contributed by atoms with E-state index in [9.17, 15) is 0 Å². The molecule has 0 fully saturated rings. The lowest BCUT2D eigenvalue weighted by Gasteiger charge is -2.23. The number of rotatable bonds is 1. The lowest BCUT2D eigenvalue weighted by molar-refractivity contribution is 0.487. The van der Waals surface area contributed by atoms with Gasteiger partial charge in [0, 0.05) is 10.9 Å². The summed E-state index contributed by atoms with van der Waals surface area (Å²) < 4.78 is 6.46. The SMILES string of the molecule is c1ccc2c(c1)Oc1cc3ccccc3c3cc(-c4cccc5c4ccc4cc6ccccc6cc45)cc-2c13. The van der Waals surface area contributed by atoms with Gasteiger partial charge >= 0.3 is 0 Å². The highest BCUT2D eigenvalue weighted by Gasteiger charge is 2.23. The highest BCUT2D eigenvalue weighted by molar-refractivity contribution is 6.20. The first-order chi connectivity index (χ1) is 19.3. The van der Waals surface area contributed by atoms with Crippen LogP contribution in [0.4, 0.5) is 0 Å². The van der Waals surface area contributed by atoms with Gasteiger partial charge in [-0.3, -0.25) is 0 Å². The molecule has 0 N–H and O–H groups in total. The predicted octanol–water partition coefficient (Wildman–Crippen LogP) is 10.9. The van der Waals surface area contributed by atoms with E-state index in [1.165, 1.54) is 70.6 Å². The lowest BCUT2D eigenvalue weighted by Crippen LogP contribution is -1.98. The summed E-state index contributed by atoms with van der Waals surface area (Å²) in [5.41, 5.74) is 4.85. The Morgan fingerprint density at radius 3 is 1.97 bits per heavy atom. The van der Waals surface area contributed by atoms with E-state index in [-0.39, 0.29) is 0 Å². The molecule has 0 amide bonds. The fourth-order valence-corrected chi connectivity index (χ4v) is 6.58. The molecule has 0 spiro atoms. The molecule has 0 radical (unpaired) electrons. The van der Waals surface area contributed by atoms with Crippen LogP contribution in [0, 0.1) is 0 Å². The zero-order valence-electron chi connectivity index (χ0n) is 21.1. The van der Waals surface area contributed by atoms with Gasteiger partial charge in [0.1, 0.15) is 11.5 Å². The van der Waals surface area contributed by atoms with E-state index in [0.29, 0.717) is 0 Å². The Kier molecular flexibility index (Phi) is 4.11. The van der Waals surface area contributed by atoms with E-state index < -0.39 is 0 Å². The molecule has 0 saturated carbocycles. The van der Waals surface area contributed by atoms with Gasteiger partial charge in [0.05, 0.1) is 0 Å². The van der Waals surface area contributed by atoms with Crippen LogP contribution in [-0.4, -0.2) is 0 Å². The fraction of sp³-hybridized carbons (Fsp3) is 0. The quantitative estimate of drug-likeness (QED) is 0.163. The Labute approximate surface area is 225 Å². The van der Waals surface area contributed by atoms with Crippen molar-refractivity contribution in [2.75, 3.05) is 0 Å². The minimum absolute atomic E-state index is 0.912. The van der Waals surface area contributed by atoms with Crippen LogP contribution >= 0.6 is 0 Å². The van der Waals surface area contributed by atoms with Crippen LogP contribution in [-0.2, 0) is 0 Å². The van der Waals surface area contributed by atoms with Crippen LogP contribution in [0.25, 0.3) is 76.1 Å². The molecule has 0 aromatic heterocycles. The smallest absolute Gasteiger partial charge is 0.136 e. The Bertz CT molecular complexity index is 2310. The minimum Gasteiger partial charge on any atom is -0.456 e. The highest BCUT2D eigenvalue weighted by atomic mass is 16.5. The van der Waals surface area contributed by atoms with E-state index in [1.54, 1.807) is 0 Å². The summed E-state index contributed by atoms with van der Waals surface area (Å²) in [4.78, 5) is 0. The number of fused-ring (bicyclic) bond motifs is 8. The van der Waals surface area contributed by atoms with Gasteiger partial charge in [-0.1, -0.05) is 97.1 Å². The highest BCUT2D eigenvalue weighted by Crippen LogP contribution is 2.50. The zero-order chi connectivity index (χ0) is 25.5. The Morgan fingerprint density at radius 1 is 0.333 bits per heavy atom.